The van der Waals surface area contributed by atoms with E-state index in [2.05, 4.69) is 20.8 Å². The van der Waals surface area contributed by atoms with E-state index in [4.69, 9.17) is 4.74 Å². The first-order valence-electron chi connectivity index (χ1n) is 6.19. The van der Waals surface area contributed by atoms with Crippen molar-refractivity contribution >= 4 is 11.8 Å². The molecule has 1 aromatic carbocycles. The second kappa shape index (κ2) is 7.43. The number of benzene rings is 1. The van der Waals surface area contributed by atoms with Crippen LogP contribution in [0.4, 0.5) is 8.78 Å². The molecule has 9 heteroatoms. The van der Waals surface area contributed by atoms with Crippen LogP contribution >= 0.6 is 11.8 Å². The van der Waals surface area contributed by atoms with Gasteiger partial charge in [-0.05, 0) is 39.9 Å². The minimum atomic E-state index is -0.633. The summed E-state index contributed by atoms with van der Waals surface area (Å²) in [5.41, 5.74) is 0.529. The molecule has 2 rings (SSSR count). The Morgan fingerprint density at radius 1 is 1.33 bits per heavy atom. The van der Waals surface area contributed by atoms with Gasteiger partial charge >= 0.3 is 0 Å². The first-order valence-corrected chi connectivity index (χ1v) is 7.01. The summed E-state index contributed by atoms with van der Waals surface area (Å²) in [6.07, 6.45) is 0. The molecule has 0 aliphatic carbocycles. The van der Waals surface area contributed by atoms with Gasteiger partial charge in [0, 0.05) is 27.2 Å². The Bertz CT molecular complexity index is 584. The summed E-state index contributed by atoms with van der Waals surface area (Å²) in [6.45, 7) is 1.52. The van der Waals surface area contributed by atoms with Crippen LogP contribution in [-0.2, 0) is 18.3 Å². The van der Waals surface area contributed by atoms with Gasteiger partial charge in [0.05, 0.1) is 11.5 Å². The number of rotatable bonds is 7. The Hall–Kier alpha value is -1.58. The summed E-state index contributed by atoms with van der Waals surface area (Å²) in [5, 5.41) is 14.1. The highest BCUT2D eigenvalue weighted by Gasteiger charge is 2.15. The van der Waals surface area contributed by atoms with Gasteiger partial charge < -0.3 is 10.1 Å². The fourth-order valence-electron chi connectivity index (χ4n) is 1.62. The molecule has 21 heavy (non-hydrogen) atoms. The molecule has 0 spiro atoms. The monoisotopic (exact) mass is 315 g/mol. The standard InChI is InChI=1S/C12H15F2N5OS/c1-19-12(16-17-18-19)21-11-9(13)5-8(6-10(11)14)7-15-3-4-20-2/h5-6,15H,3-4,7H2,1-2H3. The lowest BCUT2D eigenvalue weighted by molar-refractivity contribution is 0.199. The summed E-state index contributed by atoms with van der Waals surface area (Å²) in [4.78, 5) is -0.117. The Morgan fingerprint density at radius 3 is 2.62 bits per heavy atom. The van der Waals surface area contributed by atoms with Crippen molar-refractivity contribution in [3.63, 3.8) is 0 Å². The Morgan fingerprint density at radius 2 is 2.05 bits per heavy atom. The quantitative estimate of drug-likeness (QED) is 0.779. The smallest absolute Gasteiger partial charge is 0.214 e. The zero-order valence-electron chi connectivity index (χ0n) is 11.6. The number of tetrazole rings is 1. The van der Waals surface area contributed by atoms with Crippen LogP contribution in [0.25, 0.3) is 0 Å². The maximum absolute atomic E-state index is 14.0. The maximum Gasteiger partial charge on any atom is 0.214 e. The Kier molecular flexibility index (Phi) is 5.59. The average Bonchev–Trinajstić information content (AvgIpc) is 2.84. The predicted octanol–water partition coefficient (Wildman–Crippen LogP) is 1.38. The minimum absolute atomic E-state index is 0.117. The van der Waals surface area contributed by atoms with Crippen molar-refractivity contribution in [1.29, 1.82) is 0 Å². The second-order valence-corrected chi connectivity index (χ2v) is 5.22. The average molecular weight is 315 g/mol. The summed E-state index contributed by atoms with van der Waals surface area (Å²) in [6, 6.07) is 2.60. The van der Waals surface area contributed by atoms with Gasteiger partial charge in [0.25, 0.3) is 0 Å². The van der Waals surface area contributed by atoms with Gasteiger partial charge in [0.15, 0.2) is 0 Å². The maximum atomic E-state index is 14.0. The summed E-state index contributed by atoms with van der Waals surface area (Å²) < 4.78 is 34.3. The van der Waals surface area contributed by atoms with Gasteiger partial charge in [-0.15, -0.1) is 5.10 Å². The van der Waals surface area contributed by atoms with Gasteiger partial charge in [0.2, 0.25) is 5.16 Å². The summed E-state index contributed by atoms with van der Waals surface area (Å²) >= 11 is 0.851. The van der Waals surface area contributed by atoms with Gasteiger partial charge in [-0.1, -0.05) is 0 Å². The zero-order chi connectivity index (χ0) is 15.2. The molecule has 1 aromatic heterocycles. The van der Waals surface area contributed by atoms with E-state index in [1.807, 2.05) is 0 Å². The molecule has 0 aliphatic heterocycles. The van der Waals surface area contributed by atoms with E-state index in [1.54, 1.807) is 14.2 Å². The van der Waals surface area contributed by atoms with E-state index in [9.17, 15) is 8.78 Å². The van der Waals surface area contributed by atoms with Gasteiger partial charge in [-0.25, -0.2) is 13.5 Å². The number of nitrogens with one attached hydrogen (secondary N) is 1. The van der Waals surface area contributed by atoms with Crippen molar-refractivity contribution in [3.05, 3.63) is 29.3 Å². The molecule has 0 unspecified atom stereocenters. The lowest BCUT2D eigenvalue weighted by Crippen LogP contribution is -2.18. The molecule has 114 valence electrons. The van der Waals surface area contributed by atoms with E-state index in [1.165, 1.54) is 16.8 Å². The number of aromatic nitrogens is 4. The van der Waals surface area contributed by atoms with Crippen LogP contribution < -0.4 is 5.32 Å². The number of ether oxygens (including phenoxy) is 1. The third kappa shape index (κ3) is 4.19. The fourth-order valence-corrected chi connectivity index (χ4v) is 2.36. The highest BCUT2D eigenvalue weighted by molar-refractivity contribution is 7.99. The van der Waals surface area contributed by atoms with Crippen LogP contribution in [-0.4, -0.2) is 40.5 Å². The molecular weight excluding hydrogens is 300 g/mol. The van der Waals surface area contributed by atoms with Gasteiger partial charge in [-0.2, -0.15) is 0 Å². The molecule has 1 N–H and O–H groups in total. The van der Waals surface area contributed by atoms with E-state index in [0.29, 0.717) is 30.4 Å². The molecule has 0 bridgehead atoms. The Balaban J connectivity index is 2.08. The lowest BCUT2D eigenvalue weighted by atomic mass is 10.2. The molecule has 6 nitrogen and oxygen atoms in total. The molecule has 0 atom stereocenters. The van der Waals surface area contributed by atoms with Crippen LogP contribution in [0.1, 0.15) is 5.56 Å². The van der Waals surface area contributed by atoms with Crippen molar-refractivity contribution in [3.8, 4) is 0 Å². The van der Waals surface area contributed by atoms with Crippen molar-refractivity contribution in [2.45, 2.75) is 16.6 Å². The highest BCUT2D eigenvalue weighted by atomic mass is 32.2. The normalized spacial score (nSPS) is 11.0. The number of halogens is 2. The Labute approximate surface area is 124 Å². The second-order valence-electron chi connectivity index (χ2n) is 4.25. The largest absolute Gasteiger partial charge is 0.383 e. The topological polar surface area (TPSA) is 64.9 Å². The molecule has 0 saturated heterocycles. The lowest BCUT2D eigenvalue weighted by Gasteiger charge is -2.08. The predicted molar refractivity (Wildman–Crippen MR) is 72.9 cm³/mol. The molecular formula is C12H15F2N5OS. The fraction of sp³-hybridized carbons (Fsp3) is 0.417. The van der Waals surface area contributed by atoms with Crippen LogP contribution in [0, 0.1) is 11.6 Å². The SMILES string of the molecule is COCCNCc1cc(F)c(Sc2nnnn2C)c(F)c1. The van der Waals surface area contributed by atoms with E-state index >= 15 is 0 Å². The summed E-state index contributed by atoms with van der Waals surface area (Å²) in [5.74, 6) is -1.27. The summed E-state index contributed by atoms with van der Waals surface area (Å²) in [7, 11) is 3.20. The molecule has 0 saturated carbocycles. The van der Waals surface area contributed by atoms with Crippen molar-refractivity contribution in [1.82, 2.24) is 25.5 Å². The van der Waals surface area contributed by atoms with Crippen LogP contribution in [0.15, 0.2) is 22.2 Å². The number of methoxy groups -OCH3 is 1. The third-order valence-corrected chi connectivity index (χ3v) is 3.77. The number of hydrogen-bond acceptors (Lipinski definition) is 6. The van der Waals surface area contributed by atoms with Gasteiger partial charge in [-0.3, -0.25) is 0 Å². The van der Waals surface area contributed by atoms with Crippen molar-refractivity contribution in [2.75, 3.05) is 20.3 Å². The number of hydrogen-bond donors (Lipinski definition) is 1. The van der Waals surface area contributed by atoms with Crippen molar-refractivity contribution in [2.24, 2.45) is 7.05 Å². The number of nitrogens with zero attached hydrogens (tertiary/aromatic N) is 4. The van der Waals surface area contributed by atoms with E-state index in [-0.39, 0.29) is 4.90 Å². The molecule has 0 amide bonds. The van der Waals surface area contributed by atoms with Crippen molar-refractivity contribution < 1.29 is 13.5 Å². The van der Waals surface area contributed by atoms with Gasteiger partial charge in [0.1, 0.15) is 11.6 Å². The van der Waals surface area contributed by atoms with E-state index in [0.717, 1.165) is 11.8 Å². The minimum Gasteiger partial charge on any atom is -0.383 e. The van der Waals surface area contributed by atoms with Crippen LogP contribution in [0.2, 0.25) is 0 Å². The molecule has 0 aliphatic rings. The highest BCUT2D eigenvalue weighted by Crippen LogP contribution is 2.30. The first kappa shape index (κ1) is 15.8. The molecule has 0 fully saturated rings. The van der Waals surface area contributed by atoms with Crippen LogP contribution in [0.3, 0.4) is 0 Å². The molecule has 0 radical (unpaired) electrons. The van der Waals surface area contributed by atoms with E-state index < -0.39 is 11.6 Å². The molecule has 1 heterocycles. The van der Waals surface area contributed by atoms with Crippen LogP contribution in [0.5, 0.6) is 0 Å². The number of aryl methyl sites for hydroxylation is 1. The molecule has 2 aromatic rings. The third-order valence-electron chi connectivity index (χ3n) is 2.64. The first-order chi connectivity index (χ1) is 10.1. The zero-order valence-corrected chi connectivity index (χ0v) is 12.5.